The molecule has 0 aliphatic carbocycles. The fraction of sp³-hybridized carbons (Fsp3) is 0.417. The van der Waals surface area contributed by atoms with E-state index in [-0.39, 0.29) is 18.4 Å². The number of hydrogen-bond acceptors (Lipinski definition) is 3. The number of nitrogens with zero attached hydrogens (tertiary/aromatic N) is 1. The number of amides is 2. The summed E-state index contributed by atoms with van der Waals surface area (Å²) in [6.07, 6.45) is 2.28. The van der Waals surface area contributed by atoms with Crippen molar-refractivity contribution in [3.8, 4) is 0 Å². The number of likely N-dealkylation sites (tertiary alicyclic amines) is 1. The van der Waals surface area contributed by atoms with Gasteiger partial charge in [0.25, 0.3) is 5.91 Å². The lowest BCUT2D eigenvalue weighted by Crippen LogP contribution is -2.43. The summed E-state index contributed by atoms with van der Waals surface area (Å²) in [5, 5.41) is 5.70. The minimum Gasteiger partial charge on any atom is -0.354 e. The second-order valence-corrected chi connectivity index (χ2v) is 8.01. The lowest BCUT2D eigenvalue weighted by Gasteiger charge is -2.32. The Kier molecular flexibility index (Phi) is 7.42. The summed E-state index contributed by atoms with van der Waals surface area (Å²) in [6.45, 7) is 7.70. The van der Waals surface area contributed by atoms with E-state index >= 15 is 0 Å². The third-order valence-corrected chi connectivity index (χ3v) is 5.62. The van der Waals surface area contributed by atoms with Crippen LogP contribution in [-0.2, 0) is 11.3 Å². The van der Waals surface area contributed by atoms with Crippen molar-refractivity contribution in [2.24, 2.45) is 5.92 Å². The lowest BCUT2D eigenvalue weighted by molar-refractivity contribution is -0.120. The lowest BCUT2D eigenvalue weighted by atomic mass is 9.97. The van der Waals surface area contributed by atoms with E-state index in [1.165, 1.54) is 5.56 Å². The molecule has 1 aliphatic heterocycles. The molecule has 0 spiro atoms. The van der Waals surface area contributed by atoms with Gasteiger partial charge < -0.3 is 10.6 Å². The summed E-state index contributed by atoms with van der Waals surface area (Å²) >= 11 is 0. The summed E-state index contributed by atoms with van der Waals surface area (Å²) in [5.41, 5.74) is 4.13. The molecule has 0 saturated carbocycles. The zero-order valence-corrected chi connectivity index (χ0v) is 17.4. The first kappa shape index (κ1) is 21.1. The third-order valence-electron chi connectivity index (χ3n) is 5.62. The van der Waals surface area contributed by atoms with E-state index < -0.39 is 0 Å². The van der Waals surface area contributed by atoms with Gasteiger partial charge in [-0.1, -0.05) is 36.4 Å². The van der Waals surface area contributed by atoms with E-state index in [1.807, 2.05) is 32.0 Å². The van der Waals surface area contributed by atoms with Crippen molar-refractivity contribution in [2.45, 2.75) is 33.2 Å². The highest BCUT2D eigenvalue weighted by Crippen LogP contribution is 2.18. The van der Waals surface area contributed by atoms with Gasteiger partial charge in [-0.2, -0.15) is 0 Å². The number of piperidine rings is 1. The maximum atomic E-state index is 12.2. The smallest absolute Gasteiger partial charge is 0.251 e. The SMILES string of the molecule is Cc1ccc(C(=O)NCC(=O)NCC2CCCN(Cc3ccccc3)C2)cc1C. The molecule has 2 aromatic carbocycles. The molecule has 1 saturated heterocycles. The Morgan fingerprint density at radius 3 is 2.59 bits per heavy atom. The standard InChI is InChI=1S/C24H31N3O2/c1-18-10-11-22(13-19(18)2)24(29)26-15-23(28)25-14-21-9-6-12-27(17-21)16-20-7-4-3-5-8-20/h3-5,7-8,10-11,13,21H,6,9,12,14-17H2,1-2H3,(H,25,28)(H,26,29). The molecule has 1 atom stereocenters. The molecule has 29 heavy (non-hydrogen) atoms. The molecule has 1 aliphatic rings. The van der Waals surface area contributed by atoms with Crippen molar-refractivity contribution in [1.29, 1.82) is 0 Å². The normalized spacial score (nSPS) is 17.0. The van der Waals surface area contributed by atoms with E-state index in [9.17, 15) is 9.59 Å². The molecule has 3 rings (SSSR count). The van der Waals surface area contributed by atoms with Crippen LogP contribution in [0.4, 0.5) is 0 Å². The number of rotatable bonds is 7. The highest BCUT2D eigenvalue weighted by atomic mass is 16.2. The predicted molar refractivity (Wildman–Crippen MR) is 116 cm³/mol. The van der Waals surface area contributed by atoms with E-state index in [4.69, 9.17) is 0 Å². The van der Waals surface area contributed by atoms with Gasteiger partial charge in [0.15, 0.2) is 0 Å². The molecule has 0 aromatic heterocycles. The molecule has 1 unspecified atom stereocenters. The highest BCUT2D eigenvalue weighted by molar-refractivity contribution is 5.96. The van der Waals surface area contributed by atoms with Gasteiger partial charge in [0.1, 0.15) is 0 Å². The van der Waals surface area contributed by atoms with Crippen LogP contribution in [0.2, 0.25) is 0 Å². The van der Waals surface area contributed by atoms with Gasteiger partial charge >= 0.3 is 0 Å². The van der Waals surface area contributed by atoms with Crippen LogP contribution in [0.3, 0.4) is 0 Å². The predicted octanol–water partition coefficient (Wildman–Crippen LogP) is 3.06. The second-order valence-electron chi connectivity index (χ2n) is 8.01. The molecule has 5 nitrogen and oxygen atoms in total. The van der Waals surface area contributed by atoms with Gasteiger partial charge in [-0.15, -0.1) is 0 Å². The van der Waals surface area contributed by atoms with E-state index in [0.717, 1.165) is 43.6 Å². The molecule has 1 fully saturated rings. The van der Waals surface area contributed by atoms with Crippen LogP contribution >= 0.6 is 0 Å². The van der Waals surface area contributed by atoms with Gasteiger partial charge in [0.05, 0.1) is 6.54 Å². The van der Waals surface area contributed by atoms with Crippen molar-refractivity contribution in [1.82, 2.24) is 15.5 Å². The fourth-order valence-electron chi connectivity index (χ4n) is 3.77. The fourth-order valence-corrected chi connectivity index (χ4v) is 3.77. The Morgan fingerprint density at radius 1 is 1.03 bits per heavy atom. The van der Waals surface area contributed by atoms with Crippen LogP contribution in [0.15, 0.2) is 48.5 Å². The molecular formula is C24H31N3O2. The van der Waals surface area contributed by atoms with Crippen LogP contribution in [0.1, 0.15) is 39.9 Å². The van der Waals surface area contributed by atoms with Crippen LogP contribution in [-0.4, -0.2) is 42.9 Å². The first-order valence-electron chi connectivity index (χ1n) is 10.4. The van der Waals surface area contributed by atoms with Crippen LogP contribution in [0.5, 0.6) is 0 Å². The highest BCUT2D eigenvalue weighted by Gasteiger charge is 2.20. The minimum atomic E-state index is -0.213. The Morgan fingerprint density at radius 2 is 1.83 bits per heavy atom. The topological polar surface area (TPSA) is 61.4 Å². The molecule has 2 N–H and O–H groups in total. The van der Waals surface area contributed by atoms with Crippen LogP contribution < -0.4 is 10.6 Å². The number of carbonyl (C=O) groups is 2. The van der Waals surface area contributed by atoms with E-state index in [2.05, 4.69) is 39.8 Å². The van der Waals surface area contributed by atoms with Gasteiger partial charge in [-0.3, -0.25) is 14.5 Å². The Labute approximate surface area is 173 Å². The summed E-state index contributed by atoms with van der Waals surface area (Å²) in [6, 6.07) is 16.1. The molecule has 154 valence electrons. The van der Waals surface area contributed by atoms with Crippen LogP contribution in [0.25, 0.3) is 0 Å². The average molecular weight is 394 g/mol. The van der Waals surface area contributed by atoms with Gasteiger partial charge in [-0.25, -0.2) is 0 Å². The first-order chi connectivity index (χ1) is 14.0. The number of benzene rings is 2. The van der Waals surface area contributed by atoms with Crippen molar-refractivity contribution in [2.75, 3.05) is 26.2 Å². The summed E-state index contributed by atoms with van der Waals surface area (Å²) in [4.78, 5) is 26.9. The molecule has 0 bridgehead atoms. The molecular weight excluding hydrogens is 362 g/mol. The van der Waals surface area contributed by atoms with Gasteiger partial charge in [0.2, 0.25) is 5.91 Å². The number of nitrogens with one attached hydrogen (secondary N) is 2. The third kappa shape index (κ3) is 6.43. The van der Waals surface area contributed by atoms with Crippen molar-refractivity contribution in [3.05, 3.63) is 70.8 Å². The van der Waals surface area contributed by atoms with Crippen molar-refractivity contribution in [3.63, 3.8) is 0 Å². The molecule has 2 aromatic rings. The quantitative estimate of drug-likeness (QED) is 0.760. The zero-order chi connectivity index (χ0) is 20.6. The van der Waals surface area contributed by atoms with E-state index in [0.29, 0.717) is 18.0 Å². The Balaban J connectivity index is 1.39. The molecule has 5 heteroatoms. The average Bonchev–Trinajstić information content (AvgIpc) is 2.73. The van der Waals surface area contributed by atoms with Crippen LogP contribution in [0, 0.1) is 19.8 Å². The maximum absolute atomic E-state index is 12.2. The van der Waals surface area contributed by atoms with Crippen molar-refractivity contribution >= 4 is 11.8 Å². The van der Waals surface area contributed by atoms with Crippen molar-refractivity contribution < 1.29 is 9.59 Å². The first-order valence-corrected chi connectivity index (χ1v) is 10.4. The van der Waals surface area contributed by atoms with E-state index in [1.54, 1.807) is 6.07 Å². The largest absolute Gasteiger partial charge is 0.354 e. The van der Waals surface area contributed by atoms with Gasteiger partial charge in [0, 0.05) is 25.2 Å². The summed E-state index contributed by atoms with van der Waals surface area (Å²) in [5.74, 6) is 0.101. The maximum Gasteiger partial charge on any atom is 0.251 e. The summed E-state index contributed by atoms with van der Waals surface area (Å²) < 4.78 is 0. The monoisotopic (exact) mass is 393 g/mol. The second kappa shape index (κ2) is 10.2. The zero-order valence-electron chi connectivity index (χ0n) is 17.4. The number of aryl methyl sites for hydroxylation is 2. The Bertz CT molecular complexity index is 835. The molecule has 1 heterocycles. The Hall–Kier alpha value is -2.66. The molecule has 0 radical (unpaired) electrons. The summed E-state index contributed by atoms with van der Waals surface area (Å²) in [7, 11) is 0. The number of carbonyl (C=O) groups excluding carboxylic acids is 2. The minimum absolute atomic E-state index is 0.00616. The van der Waals surface area contributed by atoms with Gasteiger partial charge in [-0.05, 0) is 68.0 Å². The molecule has 2 amide bonds. The number of hydrogen-bond donors (Lipinski definition) is 2.